The molecule has 2 aromatic rings. The minimum absolute atomic E-state index is 0.181. The van der Waals surface area contributed by atoms with Gasteiger partial charge in [0.2, 0.25) is 5.91 Å². The fraction of sp³-hybridized carbons (Fsp3) is 0.552. The van der Waals surface area contributed by atoms with Crippen molar-refractivity contribution >= 4 is 17.3 Å². The number of amides is 1. The minimum Gasteiger partial charge on any atom is -0.385 e. The summed E-state index contributed by atoms with van der Waals surface area (Å²) in [6, 6.07) is 15.9. The number of fused-ring (bicyclic) bond motifs is 3. The quantitative estimate of drug-likeness (QED) is 0.578. The van der Waals surface area contributed by atoms with Crippen LogP contribution >= 0.6 is 0 Å². The maximum atomic E-state index is 13.6. The van der Waals surface area contributed by atoms with Crippen LogP contribution in [0.4, 0.5) is 15.8 Å². The standard InChI is InChI=1S/C29H41FN4O/c1-22(2)15-19-34-26-12-13-27(34)21-33(20-23-6-4-5-7-28(23)31-17-14-26)29(35)16-18-32(3)25-10-8-24(30)9-11-25/h4-11,22,26-27,31H,12-21H2,1-3H3/t26-,27+/m1/s1. The van der Waals surface area contributed by atoms with Crippen molar-refractivity contribution in [2.24, 2.45) is 5.92 Å². The number of carbonyl (C=O) groups is 1. The molecule has 6 heteroatoms. The summed E-state index contributed by atoms with van der Waals surface area (Å²) in [5, 5.41) is 3.66. The molecule has 0 radical (unpaired) electrons. The smallest absolute Gasteiger partial charge is 0.224 e. The van der Waals surface area contributed by atoms with Gasteiger partial charge in [0.15, 0.2) is 0 Å². The highest BCUT2D eigenvalue weighted by Gasteiger charge is 2.35. The van der Waals surface area contributed by atoms with Crippen LogP contribution in [0.1, 0.15) is 51.5 Å². The van der Waals surface area contributed by atoms with Crippen LogP contribution in [0.5, 0.6) is 0 Å². The van der Waals surface area contributed by atoms with E-state index in [9.17, 15) is 9.18 Å². The fourth-order valence-corrected chi connectivity index (χ4v) is 5.46. The summed E-state index contributed by atoms with van der Waals surface area (Å²) in [4.78, 5) is 20.4. The molecule has 2 aromatic carbocycles. The third-order valence-corrected chi connectivity index (χ3v) is 7.62. The lowest BCUT2D eigenvalue weighted by atomic mass is 10.1. The van der Waals surface area contributed by atoms with E-state index in [0.29, 0.717) is 37.5 Å². The number of rotatable bonds is 7. The molecule has 2 aliphatic heterocycles. The first-order chi connectivity index (χ1) is 16.9. The zero-order valence-corrected chi connectivity index (χ0v) is 21.5. The summed E-state index contributed by atoms with van der Waals surface area (Å²) in [6.07, 6.45) is 5.13. The minimum atomic E-state index is -0.245. The van der Waals surface area contributed by atoms with Crippen LogP contribution < -0.4 is 10.2 Å². The van der Waals surface area contributed by atoms with Crippen LogP contribution in [0.25, 0.3) is 0 Å². The number of nitrogens with zero attached hydrogens (tertiary/aromatic N) is 3. The van der Waals surface area contributed by atoms with Crippen LogP contribution in [0.15, 0.2) is 48.5 Å². The third kappa shape index (κ3) is 6.75. The van der Waals surface area contributed by atoms with Gasteiger partial charge in [0.25, 0.3) is 0 Å². The first-order valence-corrected chi connectivity index (χ1v) is 13.2. The maximum absolute atomic E-state index is 13.6. The summed E-state index contributed by atoms with van der Waals surface area (Å²) >= 11 is 0. The maximum Gasteiger partial charge on any atom is 0.224 e. The highest BCUT2D eigenvalue weighted by molar-refractivity contribution is 5.77. The highest BCUT2D eigenvalue weighted by Crippen LogP contribution is 2.30. The Hall–Kier alpha value is -2.60. The van der Waals surface area contributed by atoms with E-state index in [2.05, 4.69) is 53.2 Å². The van der Waals surface area contributed by atoms with Gasteiger partial charge in [0, 0.05) is 63.1 Å². The molecule has 1 N–H and O–H groups in total. The molecule has 0 saturated carbocycles. The van der Waals surface area contributed by atoms with Crippen LogP contribution in [0.2, 0.25) is 0 Å². The molecular formula is C29H41FN4O. The van der Waals surface area contributed by atoms with Gasteiger partial charge in [-0.2, -0.15) is 0 Å². The SMILES string of the molecule is CC(C)CCN1[C@H]2CCNc3ccccc3CN(C(=O)CCN(C)c3ccc(F)cc3)C[C@@H]1CC2. The van der Waals surface area contributed by atoms with Crippen molar-refractivity contribution in [2.75, 3.05) is 43.4 Å². The molecule has 2 heterocycles. The molecule has 2 bridgehead atoms. The van der Waals surface area contributed by atoms with E-state index in [0.717, 1.165) is 43.9 Å². The summed E-state index contributed by atoms with van der Waals surface area (Å²) < 4.78 is 13.3. The lowest BCUT2D eigenvalue weighted by Crippen LogP contribution is -2.46. The second-order valence-electron chi connectivity index (χ2n) is 10.6. The summed E-state index contributed by atoms with van der Waals surface area (Å²) in [7, 11) is 1.96. The number of hydrogen-bond donors (Lipinski definition) is 1. The zero-order valence-electron chi connectivity index (χ0n) is 21.5. The normalized spacial score (nSPS) is 20.8. The average Bonchev–Trinajstić information content (AvgIpc) is 3.21. The average molecular weight is 481 g/mol. The molecule has 35 heavy (non-hydrogen) atoms. The van der Waals surface area contributed by atoms with E-state index < -0.39 is 0 Å². The Morgan fingerprint density at radius 3 is 2.60 bits per heavy atom. The molecule has 5 nitrogen and oxygen atoms in total. The largest absolute Gasteiger partial charge is 0.385 e. The van der Waals surface area contributed by atoms with Gasteiger partial charge in [-0.05, 0) is 74.0 Å². The number of benzene rings is 2. The third-order valence-electron chi connectivity index (χ3n) is 7.62. The molecule has 1 fully saturated rings. The Labute approximate surface area is 210 Å². The van der Waals surface area contributed by atoms with E-state index in [1.54, 1.807) is 12.1 Å². The van der Waals surface area contributed by atoms with Crippen molar-refractivity contribution in [1.82, 2.24) is 9.80 Å². The first-order valence-electron chi connectivity index (χ1n) is 13.2. The van der Waals surface area contributed by atoms with E-state index >= 15 is 0 Å². The topological polar surface area (TPSA) is 38.8 Å². The summed E-state index contributed by atoms with van der Waals surface area (Å²) in [6.45, 7) is 8.66. The molecule has 4 rings (SSSR count). The van der Waals surface area contributed by atoms with E-state index in [4.69, 9.17) is 0 Å². The van der Waals surface area contributed by atoms with Gasteiger partial charge in [-0.25, -0.2) is 4.39 Å². The zero-order chi connectivity index (χ0) is 24.8. The van der Waals surface area contributed by atoms with Gasteiger partial charge in [-0.3, -0.25) is 9.69 Å². The molecule has 1 amide bonds. The van der Waals surface area contributed by atoms with Gasteiger partial charge in [-0.15, -0.1) is 0 Å². The van der Waals surface area contributed by atoms with E-state index in [-0.39, 0.29) is 11.7 Å². The van der Waals surface area contributed by atoms with Gasteiger partial charge in [-0.1, -0.05) is 32.0 Å². The van der Waals surface area contributed by atoms with E-state index in [1.165, 1.54) is 30.5 Å². The second-order valence-corrected chi connectivity index (χ2v) is 10.6. The lowest BCUT2D eigenvalue weighted by molar-refractivity contribution is -0.132. The van der Waals surface area contributed by atoms with Gasteiger partial charge < -0.3 is 15.1 Å². The predicted molar refractivity (Wildman–Crippen MR) is 142 cm³/mol. The number of anilines is 2. The predicted octanol–water partition coefficient (Wildman–Crippen LogP) is 5.38. The lowest BCUT2D eigenvalue weighted by Gasteiger charge is -2.34. The molecule has 0 aliphatic carbocycles. The molecule has 1 saturated heterocycles. The Morgan fingerprint density at radius 1 is 1.09 bits per heavy atom. The Balaban J connectivity index is 1.50. The summed E-state index contributed by atoms with van der Waals surface area (Å²) in [5.74, 6) is 0.612. The number of para-hydroxylation sites is 1. The highest BCUT2D eigenvalue weighted by atomic mass is 19.1. The van der Waals surface area contributed by atoms with Crippen LogP contribution in [0.3, 0.4) is 0 Å². The molecule has 2 aliphatic rings. The molecule has 2 atom stereocenters. The molecular weight excluding hydrogens is 439 g/mol. The molecule has 0 unspecified atom stereocenters. The van der Waals surface area contributed by atoms with E-state index in [1.807, 2.05) is 11.9 Å². The summed E-state index contributed by atoms with van der Waals surface area (Å²) in [5.41, 5.74) is 3.24. The monoisotopic (exact) mass is 480 g/mol. The van der Waals surface area contributed by atoms with Crippen molar-refractivity contribution in [3.63, 3.8) is 0 Å². The first kappa shape index (κ1) is 25.5. The van der Waals surface area contributed by atoms with Crippen LogP contribution in [-0.2, 0) is 11.3 Å². The van der Waals surface area contributed by atoms with Crippen molar-refractivity contribution in [1.29, 1.82) is 0 Å². The Bertz CT molecular complexity index is 963. The van der Waals surface area contributed by atoms with Crippen molar-refractivity contribution in [2.45, 2.75) is 64.6 Å². The number of hydrogen-bond acceptors (Lipinski definition) is 4. The molecule has 0 spiro atoms. The van der Waals surface area contributed by atoms with Crippen LogP contribution in [0, 0.1) is 11.7 Å². The van der Waals surface area contributed by atoms with Gasteiger partial charge in [0.1, 0.15) is 5.82 Å². The van der Waals surface area contributed by atoms with Gasteiger partial charge in [0.05, 0.1) is 0 Å². The van der Waals surface area contributed by atoms with Crippen molar-refractivity contribution in [3.05, 3.63) is 59.9 Å². The molecule has 0 aromatic heterocycles. The Morgan fingerprint density at radius 2 is 1.83 bits per heavy atom. The molecule has 190 valence electrons. The van der Waals surface area contributed by atoms with Crippen molar-refractivity contribution < 1.29 is 9.18 Å². The second kappa shape index (κ2) is 11.9. The van der Waals surface area contributed by atoms with Crippen molar-refractivity contribution in [3.8, 4) is 0 Å². The number of nitrogens with one attached hydrogen (secondary N) is 1. The number of halogens is 1. The van der Waals surface area contributed by atoms with Crippen LogP contribution in [-0.4, -0.2) is 61.0 Å². The Kier molecular flexibility index (Phi) is 8.66. The fourth-order valence-electron chi connectivity index (χ4n) is 5.46. The van der Waals surface area contributed by atoms with Gasteiger partial charge >= 0.3 is 0 Å². The number of carbonyl (C=O) groups excluding carboxylic acids is 1.